The van der Waals surface area contributed by atoms with Crippen LogP contribution in [-0.2, 0) is 16.1 Å². The molecule has 3 rings (SSSR count). The number of para-hydroxylation sites is 1. The fraction of sp³-hybridized carbons (Fsp3) is 0.476. The zero-order valence-corrected chi connectivity index (χ0v) is 16.4. The minimum atomic E-state index is -0.481. The lowest BCUT2D eigenvalue weighted by atomic mass is 9.96. The lowest BCUT2D eigenvalue weighted by Crippen LogP contribution is -2.51. The predicted molar refractivity (Wildman–Crippen MR) is 106 cm³/mol. The lowest BCUT2D eigenvalue weighted by molar-refractivity contribution is -0.136. The molecule has 27 heavy (non-hydrogen) atoms. The van der Waals surface area contributed by atoms with Crippen molar-refractivity contribution in [1.82, 2.24) is 20.1 Å². The number of nitrogens with one attached hydrogen (secondary N) is 1. The molecule has 1 aromatic carbocycles. The molecule has 0 radical (unpaired) electrons. The molecule has 0 atom stereocenters. The Morgan fingerprint density at radius 1 is 1.07 bits per heavy atom. The number of hydrogen-bond donors (Lipinski definition) is 1. The quantitative estimate of drug-likeness (QED) is 0.897. The molecule has 1 saturated heterocycles. The minimum Gasteiger partial charge on any atom is -0.347 e. The second kappa shape index (κ2) is 8.05. The molecule has 1 fully saturated rings. The maximum atomic E-state index is 12.4. The number of hydrogen-bond acceptors (Lipinski definition) is 4. The number of fused-ring (bicyclic) bond motifs is 1. The van der Waals surface area contributed by atoms with Crippen LogP contribution in [0.5, 0.6) is 0 Å². The molecule has 2 amide bonds. The molecule has 1 N–H and O–H groups in total. The Labute approximate surface area is 160 Å². The summed E-state index contributed by atoms with van der Waals surface area (Å²) in [6.45, 7) is 9.44. The zero-order valence-electron chi connectivity index (χ0n) is 16.4. The molecule has 1 aliphatic heterocycles. The maximum Gasteiger partial charge on any atom is 0.242 e. The predicted octanol–water partition coefficient (Wildman–Crippen LogP) is 2.04. The standard InChI is InChI=1S/C21H28N4O2/c1-21(2,3)20(27)23-14-18(26)25-12-10-24(11-13-25)15-17-7-4-6-16-8-5-9-22-19(16)17/h4-9H,10-15H2,1-3H3,(H,23,27). The van der Waals surface area contributed by atoms with E-state index in [-0.39, 0.29) is 18.4 Å². The van der Waals surface area contributed by atoms with E-state index >= 15 is 0 Å². The highest BCUT2D eigenvalue weighted by molar-refractivity contribution is 5.87. The van der Waals surface area contributed by atoms with Crippen LogP contribution in [0, 0.1) is 5.41 Å². The minimum absolute atomic E-state index is 0.0147. The summed E-state index contributed by atoms with van der Waals surface area (Å²) in [5.41, 5.74) is 1.78. The van der Waals surface area contributed by atoms with E-state index in [1.165, 1.54) is 5.56 Å². The van der Waals surface area contributed by atoms with Gasteiger partial charge in [0.05, 0.1) is 12.1 Å². The highest BCUT2D eigenvalue weighted by Crippen LogP contribution is 2.18. The molecule has 1 aromatic heterocycles. The van der Waals surface area contributed by atoms with Gasteiger partial charge in [-0.2, -0.15) is 0 Å². The molecule has 2 aromatic rings. The molecule has 1 aliphatic rings. The summed E-state index contributed by atoms with van der Waals surface area (Å²) in [7, 11) is 0. The van der Waals surface area contributed by atoms with Gasteiger partial charge in [0.15, 0.2) is 0 Å². The van der Waals surface area contributed by atoms with Gasteiger partial charge in [0, 0.05) is 49.7 Å². The van der Waals surface area contributed by atoms with E-state index in [0.29, 0.717) is 13.1 Å². The number of amides is 2. The molecule has 0 aliphatic carbocycles. The Morgan fingerprint density at radius 2 is 1.78 bits per heavy atom. The largest absolute Gasteiger partial charge is 0.347 e. The number of nitrogens with zero attached hydrogens (tertiary/aromatic N) is 3. The first kappa shape index (κ1) is 19.3. The number of carbonyl (C=O) groups is 2. The monoisotopic (exact) mass is 368 g/mol. The third-order valence-corrected chi connectivity index (χ3v) is 4.92. The second-order valence-electron chi connectivity index (χ2n) is 8.08. The van der Waals surface area contributed by atoms with Crippen molar-refractivity contribution in [1.29, 1.82) is 0 Å². The number of piperazine rings is 1. The zero-order chi connectivity index (χ0) is 19.4. The Morgan fingerprint density at radius 3 is 2.48 bits per heavy atom. The van der Waals surface area contributed by atoms with Crippen LogP contribution in [-0.4, -0.2) is 59.3 Å². The fourth-order valence-electron chi connectivity index (χ4n) is 3.22. The first-order chi connectivity index (χ1) is 12.8. The smallest absolute Gasteiger partial charge is 0.242 e. The van der Waals surface area contributed by atoms with Gasteiger partial charge < -0.3 is 10.2 Å². The molecule has 144 valence electrons. The number of benzene rings is 1. The van der Waals surface area contributed by atoms with Crippen molar-refractivity contribution < 1.29 is 9.59 Å². The van der Waals surface area contributed by atoms with Crippen molar-refractivity contribution in [3.05, 3.63) is 42.1 Å². The first-order valence-corrected chi connectivity index (χ1v) is 9.45. The summed E-state index contributed by atoms with van der Waals surface area (Å²) in [6, 6.07) is 10.3. The average Bonchev–Trinajstić information content (AvgIpc) is 2.66. The summed E-state index contributed by atoms with van der Waals surface area (Å²) in [5.74, 6) is -0.114. The van der Waals surface area contributed by atoms with Crippen LogP contribution < -0.4 is 5.32 Å². The molecule has 0 saturated carbocycles. The van der Waals surface area contributed by atoms with Crippen LogP contribution >= 0.6 is 0 Å². The molecule has 0 spiro atoms. The van der Waals surface area contributed by atoms with Crippen molar-refractivity contribution >= 4 is 22.7 Å². The molecule has 0 unspecified atom stereocenters. The van der Waals surface area contributed by atoms with Gasteiger partial charge in [-0.3, -0.25) is 19.5 Å². The Kier molecular flexibility index (Phi) is 5.75. The van der Waals surface area contributed by atoms with E-state index in [2.05, 4.69) is 39.5 Å². The normalized spacial score (nSPS) is 15.7. The molecule has 6 heteroatoms. The summed E-state index contributed by atoms with van der Waals surface area (Å²) < 4.78 is 0. The SMILES string of the molecule is CC(C)(C)C(=O)NCC(=O)N1CCN(Cc2cccc3cccnc23)CC1. The van der Waals surface area contributed by atoms with Gasteiger partial charge >= 0.3 is 0 Å². The average molecular weight is 368 g/mol. The van der Waals surface area contributed by atoms with E-state index in [9.17, 15) is 9.59 Å². The lowest BCUT2D eigenvalue weighted by Gasteiger charge is -2.35. The number of aromatic nitrogens is 1. The third-order valence-electron chi connectivity index (χ3n) is 4.92. The highest BCUT2D eigenvalue weighted by atomic mass is 16.2. The van der Waals surface area contributed by atoms with E-state index < -0.39 is 5.41 Å². The number of pyridine rings is 1. The Balaban J connectivity index is 1.51. The maximum absolute atomic E-state index is 12.4. The van der Waals surface area contributed by atoms with Crippen LogP contribution in [0.4, 0.5) is 0 Å². The van der Waals surface area contributed by atoms with Gasteiger partial charge in [0.2, 0.25) is 11.8 Å². The first-order valence-electron chi connectivity index (χ1n) is 9.45. The van der Waals surface area contributed by atoms with Crippen LogP contribution in [0.25, 0.3) is 10.9 Å². The van der Waals surface area contributed by atoms with Crippen LogP contribution in [0.3, 0.4) is 0 Å². The third kappa shape index (κ3) is 4.83. The van der Waals surface area contributed by atoms with Crippen molar-refractivity contribution in [2.24, 2.45) is 5.41 Å². The highest BCUT2D eigenvalue weighted by Gasteiger charge is 2.25. The van der Waals surface area contributed by atoms with Gasteiger partial charge in [-0.15, -0.1) is 0 Å². The summed E-state index contributed by atoms with van der Waals surface area (Å²) >= 11 is 0. The second-order valence-corrected chi connectivity index (χ2v) is 8.08. The van der Waals surface area contributed by atoms with Crippen molar-refractivity contribution in [2.75, 3.05) is 32.7 Å². The number of carbonyl (C=O) groups excluding carboxylic acids is 2. The van der Waals surface area contributed by atoms with E-state index in [0.717, 1.165) is 30.5 Å². The van der Waals surface area contributed by atoms with E-state index in [1.807, 2.05) is 37.9 Å². The summed E-state index contributed by atoms with van der Waals surface area (Å²) in [5, 5.41) is 3.89. The molecular weight excluding hydrogens is 340 g/mol. The molecular formula is C21H28N4O2. The van der Waals surface area contributed by atoms with Crippen molar-refractivity contribution in [3.63, 3.8) is 0 Å². The van der Waals surface area contributed by atoms with Gasteiger partial charge in [0.1, 0.15) is 0 Å². The summed E-state index contributed by atoms with van der Waals surface area (Å²) in [4.78, 5) is 33.0. The van der Waals surface area contributed by atoms with E-state index in [4.69, 9.17) is 0 Å². The van der Waals surface area contributed by atoms with Crippen molar-refractivity contribution in [3.8, 4) is 0 Å². The van der Waals surface area contributed by atoms with Crippen LogP contribution in [0.2, 0.25) is 0 Å². The fourth-order valence-corrected chi connectivity index (χ4v) is 3.22. The summed E-state index contributed by atoms with van der Waals surface area (Å²) in [6.07, 6.45) is 1.83. The molecule has 0 bridgehead atoms. The van der Waals surface area contributed by atoms with E-state index in [1.54, 1.807) is 0 Å². The van der Waals surface area contributed by atoms with Gasteiger partial charge in [-0.1, -0.05) is 45.0 Å². The van der Waals surface area contributed by atoms with Crippen molar-refractivity contribution in [2.45, 2.75) is 27.3 Å². The van der Waals surface area contributed by atoms with Gasteiger partial charge in [-0.25, -0.2) is 0 Å². The van der Waals surface area contributed by atoms with Gasteiger partial charge in [-0.05, 0) is 11.6 Å². The Bertz CT molecular complexity index is 815. The topological polar surface area (TPSA) is 65.5 Å². The van der Waals surface area contributed by atoms with Crippen LogP contribution in [0.1, 0.15) is 26.3 Å². The molecule has 2 heterocycles. The van der Waals surface area contributed by atoms with Gasteiger partial charge in [0.25, 0.3) is 0 Å². The number of rotatable bonds is 4. The molecule has 6 nitrogen and oxygen atoms in total. The Hall–Kier alpha value is -2.47. The van der Waals surface area contributed by atoms with Crippen LogP contribution in [0.15, 0.2) is 36.5 Å².